The summed E-state index contributed by atoms with van der Waals surface area (Å²) in [5.41, 5.74) is 2.33. The van der Waals surface area contributed by atoms with Gasteiger partial charge in [-0.2, -0.15) is 0 Å². The molecule has 3 aromatic rings. The maximum atomic E-state index is 13.5. The summed E-state index contributed by atoms with van der Waals surface area (Å²) in [4.78, 5) is 22.8. The van der Waals surface area contributed by atoms with Crippen LogP contribution < -0.4 is 0 Å². The Hall–Kier alpha value is -2.57. The predicted molar refractivity (Wildman–Crippen MR) is 116 cm³/mol. The SMILES string of the molecule is O=C(c1cccs1)N1C[C@H](c2ccc(F)cc2)[C@H]2CN(Cc3cccnc3)CC[C@H]21. The van der Waals surface area contributed by atoms with Crippen LogP contribution in [0.4, 0.5) is 4.39 Å². The summed E-state index contributed by atoms with van der Waals surface area (Å²) < 4.78 is 13.5. The monoisotopic (exact) mass is 421 g/mol. The molecule has 3 atom stereocenters. The first-order valence-corrected chi connectivity index (χ1v) is 11.3. The number of amides is 1. The molecule has 0 radical (unpaired) electrons. The number of likely N-dealkylation sites (tertiary alicyclic amines) is 2. The lowest BCUT2D eigenvalue weighted by molar-refractivity contribution is 0.0618. The zero-order valence-corrected chi connectivity index (χ0v) is 17.5. The van der Waals surface area contributed by atoms with E-state index in [0.717, 1.165) is 36.5 Å². The average Bonchev–Trinajstić information content (AvgIpc) is 3.43. The Morgan fingerprint density at radius 1 is 1.13 bits per heavy atom. The molecule has 0 N–H and O–H groups in total. The normalized spacial score (nSPS) is 24.0. The van der Waals surface area contributed by atoms with E-state index in [-0.39, 0.29) is 23.7 Å². The highest BCUT2D eigenvalue weighted by Crippen LogP contribution is 2.42. The number of aromatic nitrogens is 1. The number of nitrogens with zero attached hydrogens (tertiary/aromatic N) is 3. The van der Waals surface area contributed by atoms with E-state index in [1.165, 1.54) is 29.0 Å². The van der Waals surface area contributed by atoms with Crippen LogP contribution >= 0.6 is 11.3 Å². The Labute approximate surface area is 180 Å². The molecule has 2 aliphatic heterocycles. The van der Waals surface area contributed by atoms with Gasteiger partial charge >= 0.3 is 0 Å². The van der Waals surface area contributed by atoms with Crippen molar-refractivity contribution in [3.8, 4) is 0 Å². The maximum Gasteiger partial charge on any atom is 0.264 e. The molecule has 2 saturated heterocycles. The first-order valence-electron chi connectivity index (χ1n) is 10.4. The summed E-state index contributed by atoms with van der Waals surface area (Å²) in [6, 6.07) is 15.0. The summed E-state index contributed by atoms with van der Waals surface area (Å²) in [5, 5.41) is 1.95. The van der Waals surface area contributed by atoms with Gasteiger partial charge in [-0.05, 0) is 47.2 Å². The van der Waals surface area contributed by atoms with Crippen molar-refractivity contribution in [3.63, 3.8) is 0 Å². The summed E-state index contributed by atoms with van der Waals surface area (Å²) in [6.45, 7) is 3.45. The number of rotatable bonds is 4. The van der Waals surface area contributed by atoms with Crippen LogP contribution in [0.2, 0.25) is 0 Å². The molecule has 0 bridgehead atoms. The molecule has 30 heavy (non-hydrogen) atoms. The molecule has 154 valence electrons. The molecule has 2 aliphatic rings. The quantitative estimate of drug-likeness (QED) is 0.626. The summed E-state index contributed by atoms with van der Waals surface area (Å²) in [6.07, 6.45) is 4.68. The highest BCUT2D eigenvalue weighted by atomic mass is 32.1. The Bertz CT molecular complexity index is 993. The van der Waals surface area contributed by atoms with Crippen LogP contribution in [0, 0.1) is 11.7 Å². The molecule has 0 saturated carbocycles. The van der Waals surface area contributed by atoms with Crippen LogP contribution in [0.1, 0.15) is 33.1 Å². The molecule has 0 spiro atoms. The minimum atomic E-state index is -0.221. The Kier molecular flexibility index (Phi) is 5.35. The van der Waals surface area contributed by atoms with Gasteiger partial charge in [0.2, 0.25) is 0 Å². The number of pyridine rings is 1. The van der Waals surface area contributed by atoms with Crippen molar-refractivity contribution >= 4 is 17.2 Å². The topological polar surface area (TPSA) is 36.4 Å². The third-order valence-corrected chi connectivity index (χ3v) is 7.29. The van der Waals surface area contributed by atoms with Crippen molar-refractivity contribution in [2.45, 2.75) is 24.9 Å². The molecule has 0 aliphatic carbocycles. The molecule has 2 fully saturated rings. The first kappa shape index (κ1) is 19.4. The fraction of sp³-hybridized carbons (Fsp3) is 0.333. The number of benzene rings is 1. The van der Waals surface area contributed by atoms with Gasteiger partial charge in [0.1, 0.15) is 5.82 Å². The summed E-state index contributed by atoms with van der Waals surface area (Å²) in [5.74, 6) is 0.466. The van der Waals surface area contributed by atoms with Crippen LogP contribution in [0.5, 0.6) is 0 Å². The molecule has 4 nitrogen and oxygen atoms in total. The van der Waals surface area contributed by atoms with Gasteiger partial charge in [-0.15, -0.1) is 11.3 Å². The van der Waals surface area contributed by atoms with Gasteiger partial charge in [-0.3, -0.25) is 14.7 Å². The minimum absolute atomic E-state index is 0.130. The van der Waals surface area contributed by atoms with Crippen LogP contribution in [0.25, 0.3) is 0 Å². The van der Waals surface area contributed by atoms with Crippen molar-refractivity contribution in [1.82, 2.24) is 14.8 Å². The van der Waals surface area contributed by atoms with Crippen LogP contribution in [-0.2, 0) is 6.54 Å². The van der Waals surface area contributed by atoms with Crippen molar-refractivity contribution in [1.29, 1.82) is 0 Å². The van der Waals surface area contributed by atoms with Gasteiger partial charge in [0.15, 0.2) is 0 Å². The maximum absolute atomic E-state index is 13.5. The van der Waals surface area contributed by atoms with Gasteiger partial charge in [0.05, 0.1) is 4.88 Å². The van der Waals surface area contributed by atoms with Gasteiger partial charge in [-0.25, -0.2) is 4.39 Å². The van der Waals surface area contributed by atoms with Gasteiger partial charge < -0.3 is 4.90 Å². The van der Waals surface area contributed by atoms with E-state index in [9.17, 15) is 9.18 Å². The molecule has 0 unspecified atom stereocenters. The zero-order chi connectivity index (χ0) is 20.5. The Morgan fingerprint density at radius 3 is 2.73 bits per heavy atom. The number of hydrogen-bond donors (Lipinski definition) is 0. The van der Waals surface area contributed by atoms with E-state index < -0.39 is 0 Å². The number of halogens is 1. The number of carbonyl (C=O) groups excluding carboxylic acids is 1. The van der Waals surface area contributed by atoms with Crippen molar-refractivity contribution < 1.29 is 9.18 Å². The fourth-order valence-electron chi connectivity index (χ4n) is 5.04. The van der Waals surface area contributed by atoms with Gasteiger partial charge in [-0.1, -0.05) is 24.3 Å². The Morgan fingerprint density at radius 2 is 2.00 bits per heavy atom. The molecule has 4 heterocycles. The molecule has 2 aromatic heterocycles. The van der Waals surface area contributed by atoms with E-state index in [0.29, 0.717) is 12.5 Å². The molecule has 1 aromatic carbocycles. The lowest BCUT2D eigenvalue weighted by atomic mass is 9.81. The van der Waals surface area contributed by atoms with E-state index in [1.807, 2.05) is 41.9 Å². The van der Waals surface area contributed by atoms with Crippen molar-refractivity contribution in [2.75, 3.05) is 19.6 Å². The van der Waals surface area contributed by atoms with Crippen molar-refractivity contribution in [3.05, 3.63) is 88.1 Å². The number of piperidine rings is 1. The second kappa shape index (κ2) is 8.28. The molecular weight excluding hydrogens is 397 g/mol. The number of fused-ring (bicyclic) bond motifs is 1. The van der Waals surface area contributed by atoms with Crippen molar-refractivity contribution in [2.24, 2.45) is 5.92 Å². The molecular formula is C24H24FN3OS. The van der Waals surface area contributed by atoms with Crippen LogP contribution in [0.15, 0.2) is 66.3 Å². The molecule has 5 rings (SSSR count). The second-order valence-corrected chi connectivity index (χ2v) is 9.16. The molecule has 1 amide bonds. The minimum Gasteiger partial charge on any atom is -0.334 e. The van der Waals surface area contributed by atoms with E-state index in [4.69, 9.17) is 0 Å². The van der Waals surface area contributed by atoms with E-state index in [1.54, 1.807) is 6.20 Å². The van der Waals surface area contributed by atoms with Gasteiger partial charge in [0, 0.05) is 56.5 Å². The largest absolute Gasteiger partial charge is 0.334 e. The second-order valence-electron chi connectivity index (χ2n) is 8.21. The Balaban J connectivity index is 1.41. The third-order valence-electron chi connectivity index (χ3n) is 6.43. The third kappa shape index (κ3) is 3.77. The summed E-state index contributed by atoms with van der Waals surface area (Å²) in [7, 11) is 0. The molecule has 6 heteroatoms. The average molecular weight is 422 g/mol. The first-order chi connectivity index (χ1) is 14.7. The number of carbonyl (C=O) groups is 1. The smallest absolute Gasteiger partial charge is 0.264 e. The fourth-order valence-corrected chi connectivity index (χ4v) is 5.72. The van der Waals surface area contributed by atoms with Crippen LogP contribution in [0.3, 0.4) is 0 Å². The number of thiophene rings is 1. The zero-order valence-electron chi connectivity index (χ0n) is 16.7. The predicted octanol–water partition coefficient (Wildman–Crippen LogP) is 4.41. The standard InChI is InChI=1S/C24H24FN3OS/c25-19-7-5-18(6-8-19)20-16-28(24(29)23-4-2-12-30-23)22-9-11-27(15-21(20)22)14-17-3-1-10-26-13-17/h1-8,10,12-13,20-22H,9,11,14-16H2/t20-,21-,22-/m1/s1. The number of hydrogen-bond acceptors (Lipinski definition) is 4. The van der Waals surface area contributed by atoms with E-state index in [2.05, 4.69) is 20.9 Å². The lowest BCUT2D eigenvalue weighted by Crippen LogP contribution is -2.47. The lowest BCUT2D eigenvalue weighted by Gasteiger charge is -2.39. The highest BCUT2D eigenvalue weighted by molar-refractivity contribution is 7.12. The van der Waals surface area contributed by atoms with Crippen LogP contribution in [-0.4, -0.2) is 46.4 Å². The van der Waals surface area contributed by atoms with E-state index >= 15 is 0 Å². The van der Waals surface area contributed by atoms with Gasteiger partial charge in [0.25, 0.3) is 5.91 Å². The highest BCUT2D eigenvalue weighted by Gasteiger charge is 2.47. The summed E-state index contributed by atoms with van der Waals surface area (Å²) >= 11 is 1.50.